The first-order valence-electron chi connectivity index (χ1n) is 10.5. The molecular weight excluding hydrogens is 390 g/mol. The molecule has 6 nitrogen and oxygen atoms in total. The van der Waals surface area contributed by atoms with Gasteiger partial charge in [0.25, 0.3) is 5.91 Å². The van der Waals surface area contributed by atoms with E-state index in [1.165, 1.54) is 0 Å². The van der Waals surface area contributed by atoms with E-state index in [0.29, 0.717) is 0 Å². The highest BCUT2D eigenvalue weighted by atomic mass is 16.4. The SMILES string of the molecule is CCCCn1c2ccccc2c2cc(C(=O)N[C@@H](Cc3ccccc3)C(=O)O)ncc21. The number of benzene rings is 2. The lowest BCUT2D eigenvalue weighted by molar-refractivity contribution is -0.139. The van der Waals surface area contributed by atoms with Gasteiger partial charge in [-0.2, -0.15) is 0 Å². The number of para-hydroxylation sites is 1. The minimum atomic E-state index is -1.07. The van der Waals surface area contributed by atoms with Crippen LogP contribution < -0.4 is 5.32 Å². The Morgan fingerprint density at radius 3 is 2.52 bits per heavy atom. The van der Waals surface area contributed by atoms with Crippen molar-refractivity contribution in [2.24, 2.45) is 0 Å². The zero-order valence-electron chi connectivity index (χ0n) is 17.4. The number of aryl methyl sites for hydroxylation is 1. The Morgan fingerprint density at radius 2 is 1.77 bits per heavy atom. The van der Waals surface area contributed by atoms with Crippen molar-refractivity contribution in [1.29, 1.82) is 0 Å². The Labute approximate surface area is 180 Å². The Hall–Kier alpha value is -3.67. The fourth-order valence-corrected chi connectivity index (χ4v) is 3.91. The third-order valence-electron chi connectivity index (χ3n) is 5.51. The maximum atomic E-state index is 12.9. The number of rotatable bonds is 8. The lowest BCUT2D eigenvalue weighted by atomic mass is 10.1. The van der Waals surface area contributed by atoms with Crippen LogP contribution in [-0.2, 0) is 17.8 Å². The molecule has 1 amide bonds. The van der Waals surface area contributed by atoms with Crippen LogP contribution in [0.1, 0.15) is 35.8 Å². The molecule has 0 saturated carbocycles. The Balaban J connectivity index is 1.65. The van der Waals surface area contributed by atoms with Crippen LogP contribution in [0.3, 0.4) is 0 Å². The van der Waals surface area contributed by atoms with Gasteiger partial charge in [0, 0.05) is 29.3 Å². The third-order valence-corrected chi connectivity index (χ3v) is 5.51. The van der Waals surface area contributed by atoms with Crippen LogP contribution in [0.25, 0.3) is 21.8 Å². The van der Waals surface area contributed by atoms with Crippen LogP contribution in [0.15, 0.2) is 66.9 Å². The van der Waals surface area contributed by atoms with Crippen LogP contribution in [-0.4, -0.2) is 32.6 Å². The number of fused-ring (bicyclic) bond motifs is 3. The first-order chi connectivity index (χ1) is 15.1. The molecule has 0 aliphatic carbocycles. The van der Waals surface area contributed by atoms with E-state index < -0.39 is 17.9 Å². The molecule has 2 N–H and O–H groups in total. The Morgan fingerprint density at radius 1 is 1.03 bits per heavy atom. The van der Waals surface area contributed by atoms with Gasteiger partial charge in [0.2, 0.25) is 0 Å². The summed E-state index contributed by atoms with van der Waals surface area (Å²) in [5, 5.41) is 14.2. The third kappa shape index (κ3) is 4.28. The normalized spacial score (nSPS) is 12.2. The average Bonchev–Trinajstić information content (AvgIpc) is 3.10. The molecule has 158 valence electrons. The molecule has 2 aromatic carbocycles. The number of hydrogen-bond acceptors (Lipinski definition) is 3. The van der Waals surface area contributed by atoms with E-state index in [2.05, 4.69) is 27.9 Å². The highest BCUT2D eigenvalue weighted by Gasteiger charge is 2.22. The highest BCUT2D eigenvalue weighted by Crippen LogP contribution is 2.29. The van der Waals surface area contributed by atoms with E-state index in [1.54, 1.807) is 12.3 Å². The topological polar surface area (TPSA) is 84.2 Å². The quantitative estimate of drug-likeness (QED) is 0.446. The molecule has 31 heavy (non-hydrogen) atoms. The largest absolute Gasteiger partial charge is 0.480 e. The van der Waals surface area contributed by atoms with Crippen molar-refractivity contribution in [3.8, 4) is 0 Å². The molecule has 0 aliphatic rings. The van der Waals surface area contributed by atoms with Gasteiger partial charge in [-0.3, -0.25) is 4.79 Å². The van der Waals surface area contributed by atoms with Crippen LogP contribution in [0, 0.1) is 0 Å². The molecule has 6 heteroatoms. The molecule has 0 bridgehead atoms. The molecule has 0 aliphatic heterocycles. The van der Waals surface area contributed by atoms with Crippen LogP contribution in [0.5, 0.6) is 0 Å². The molecule has 0 spiro atoms. The minimum Gasteiger partial charge on any atom is -0.480 e. The maximum absolute atomic E-state index is 12.9. The summed E-state index contributed by atoms with van der Waals surface area (Å²) in [5.41, 5.74) is 3.14. The number of carbonyl (C=O) groups excluding carboxylic acids is 1. The summed E-state index contributed by atoms with van der Waals surface area (Å²) in [6, 6.07) is 18.1. The smallest absolute Gasteiger partial charge is 0.326 e. The lowest BCUT2D eigenvalue weighted by Gasteiger charge is -2.14. The number of aromatic nitrogens is 2. The van der Waals surface area contributed by atoms with Gasteiger partial charge in [0.05, 0.1) is 11.7 Å². The number of aliphatic carboxylic acids is 1. The second kappa shape index (κ2) is 9.00. The van der Waals surface area contributed by atoms with Crippen molar-refractivity contribution in [3.63, 3.8) is 0 Å². The monoisotopic (exact) mass is 415 g/mol. The van der Waals surface area contributed by atoms with Crippen LogP contribution >= 0.6 is 0 Å². The summed E-state index contributed by atoms with van der Waals surface area (Å²) in [7, 11) is 0. The van der Waals surface area contributed by atoms with Crippen LogP contribution in [0.2, 0.25) is 0 Å². The number of hydrogen-bond donors (Lipinski definition) is 2. The Bertz CT molecular complexity index is 1230. The lowest BCUT2D eigenvalue weighted by Crippen LogP contribution is -2.42. The number of carboxylic acid groups (broad SMARTS) is 1. The predicted octanol–water partition coefficient (Wildman–Crippen LogP) is 4.42. The molecule has 4 rings (SSSR count). The first kappa shape index (κ1) is 20.6. The number of amides is 1. The molecule has 2 heterocycles. The van der Waals surface area contributed by atoms with Gasteiger partial charge in [-0.05, 0) is 24.1 Å². The molecule has 2 aromatic heterocycles. The molecule has 1 atom stereocenters. The zero-order chi connectivity index (χ0) is 21.8. The van der Waals surface area contributed by atoms with Gasteiger partial charge in [-0.15, -0.1) is 0 Å². The number of unbranched alkanes of at least 4 members (excludes halogenated alkanes) is 1. The number of pyridine rings is 1. The highest BCUT2D eigenvalue weighted by molar-refractivity contribution is 6.10. The van der Waals surface area contributed by atoms with Crippen molar-refractivity contribution < 1.29 is 14.7 Å². The maximum Gasteiger partial charge on any atom is 0.326 e. The zero-order valence-corrected chi connectivity index (χ0v) is 17.4. The summed E-state index contributed by atoms with van der Waals surface area (Å²) >= 11 is 0. The predicted molar refractivity (Wildman–Crippen MR) is 121 cm³/mol. The summed E-state index contributed by atoms with van der Waals surface area (Å²) in [4.78, 5) is 29.0. The van der Waals surface area contributed by atoms with Crippen molar-refractivity contribution in [1.82, 2.24) is 14.9 Å². The number of nitrogens with zero attached hydrogens (tertiary/aromatic N) is 2. The van der Waals surface area contributed by atoms with Gasteiger partial charge in [-0.1, -0.05) is 61.9 Å². The summed E-state index contributed by atoms with van der Waals surface area (Å²) in [6.45, 7) is 3.04. The molecule has 0 radical (unpaired) electrons. The first-order valence-corrected chi connectivity index (χ1v) is 10.5. The molecule has 0 unspecified atom stereocenters. The van der Waals surface area contributed by atoms with E-state index in [9.17, 15) is 14.7 Å². The van der Waals surface area contributed by atoms with Crippen molar-refractivity contribution in [2.45, 2.75) is 38.8 Å². The Kier molecular flexibility index (Phi) is 5.98. The van der Waals surface area contributed by atoms with Crippen molar-refractivity contribution in [2.75, 3.05) is 0 Å². The second-order valence-corrected chi connectivity index (χ2v) is 7.66. The van der Waals surface area contributed by atoms with E-state index >= 15 is 0 Å². The van der Waals surface area contributed by atoms with E-state index in [-0.39, 0.29) is 12.1 Å². The number of carbonyl (C=O) groups is 2. The summed E-state index contributed by atoms with van der Waals surface area (Å²) in [5.74, 6) is -1.56. The standard InChI is InChI=1S/C25H25N3O3/c1-2-3-13-28-22-12-8-7-11-18(22)19-15-20(26-16-23(19)28)24(29)27-21(25(30)31)14-17-9-5-4-6-10-17/h4-12,15-16,21H,2-3,13-14H2,1H3,(H,27,29)(H,30,31)/t21-/m0/s1. The van der Waals surface area contributed by atoms with Crippen molar-refractivity contribution in [3.05, 3.63) is 78.1 Å². The van der Waals surface area contributed by atoms with E-state index in [0.717, 1.165) is 46.8 Å². The summed E-state index contributed by atoms with van der Waals surface area (Å²) < 4.78 is 2.23. The van der Waals surface area contributed by atoms with E-state index in [1.807, 2.05) is 48.5 Å². The molecule has 0 saturated heterocycles. The van der Waals surface area contributed by atoms with Gasteiger partial charge in [-0.25, -0.2) is 9.78 Å². The molecule has 0 fully saturated rings. The van der Waals surface area contributed by atoms with Crippen LogP contribution in [0.4, 0.5) is 0 Å². The number of nitrogens with one attached hydrogen (secondary N) is 1. The average molecular weight is 415 g/mol. The molecule has 4 aromatic rings. The van der Waals surface area contributed by atoms with Gasteiger partial charge < -0.3 is 15.0 Å². The van der Waals surface area contributed by atoms with Gasteiger partial charge >= 0.3 is 5.97 Å². The second-order valence-electron chi connectivity index (χ2n) is 7.66. The van der Waals surface area contributed by atoms with Gasteiger partial charge in [0.1, 0.15) is 11.7 Å². The fourth-order valence-electron chi connectivity index (χ4n) is 3.91. The number of carboxylic acids is 1. The summed E-state index contributed by atoms with van der Waals surface area (Å²) in [6.07, 6.45) is 4.06. The van der Waals surface area contributed by atoms with Crippen molar-refractivity contribution >= 4 is 33.7 Å². The van der Waals surface area contributed by atoms with Gasteiger partial charge in [0.15, 0.2) is 0 Å². The molecular formula is C25H25N3O3. The fraction of sp³-hybridized carbons (Fsp3) is 0.240. The van der Waals surface area contributed by atoms with E-state index in [4.69, 9.17) is 0 Å². The minimum absolute atomic E-state index is 0.209.